The third-order valence-electron chi connectivity index (χ3n) is 5.71. The molecule has 0 aliphatic rings. The highest BCUT2D eigenvalue weighted by atomic mass is 14.1. The number of hydrogen-bond donors (Lipinski definition) is 0. The van der Waals surface area contributed by atoms with E-state index < -0.39 is 0 Å². The van der Waals surface area contributed by atoms with Crippen LogP contribution in [0.25, 0.3) is 43.8 Å². The summed E-state index contributed by atoms with van der Waals surface area (Å²) in [5.41, 5.74) is 5.16. The second kappa shape index (κ2) is 9.32. The Morgan fingerprint density at radius 1 is 0.281 bits per heavy atom. The van der Waals surface area contributed by atoms with E-state index in [0.717, 1.165) is 0 Å². The third-order valence-corrected chi connectivity index (χ3v) is 5.71. The lowest BCUT2D eigenvalue weighted by Crippen LogP contribution is -1.84. The van der Waals surface area contributed by atoms with Crippen LogP contribution in [0.3, 0.4) is 0 Å². The molecule has 0 saturated carbocycles. The molecule has 0 heteroatoms. The summed E-state index contributed by atoms with van der Waals surface area (Å²) in [7, 11) is 0. The summed E-state index contributed by atoms with van der Waals surface area (Å²) >= 11 is 0. The van der Waals surface area contributed by atoms with E-state index in [0.29, 0.717) is 0 Å². The summed E-state index contributed by atoms with van der Waals surface area (Å²) in [6, 6.07) is 50.9. The summed E-state index contributed by atoms with van der Waals surface area (Å²) < 4.78 is 0. The van der Waals surface area contributed by atoms with Gasteiger partial charge in [0.2, 0.25) is 0 Å². The molecule has 0 saturated heterocycles. The fourth-order valence-electron chi connectivity index (χ4n) is 4.19. The monoisotopic (exact) mass is 408 g/mol. The van der Waals surface area contributed by atoms with Crippen molar-refractivity contribution in [3.63, 3.8) is 0 Å². The van der Waals surface area contributed by atoms with Crippen LogP contribution in [0.5, 0.6) is 0 Å². The lowest BCUT2D eigenvalue weighted by molar-refractivity contribution is 1.62. The van der Waals surface area contributed by atoms with E-state index in [4.69, 9.17) is 0 Å². The average Bonchev–Trinajstić information content (AvgIpc) is 2.89. The van der Waals surface area contributed by atoms with Gasteiger partial charge in [0, 0.05) is 0 Å². The molecule has 0 spiro atoms. The molecule has 0 bridgehead atoms. The normalized spacial score (nSPS) is 10.5. The Hall–Kier alpha value is -4.16. The van der Waals surface area contributed by atoms with Crippen LogP contribution in [0.1, 0.15) is 0 Å². The minimum Gasteiger partial charge on any atom is -0.0622 e. The highest BCUT2D eigenvalue weighted by Gasteiger charge is 2.08. The Kier molecular flexibility index (Phi) is 5.76. The van der Waals surface area contributed by atoms with Crippen LogP contribution < -0.4 is 0 Å². The lowest BCUT2D eigenvalue weighted by Gasteiger charge is -2.11. The molecule has 152 valence electrons. The molecule has 0 unspecified atom stereocenters. The highest BCUT2D eigenvalue weighted by molar-refractivity contribution is 6.12. The van der Waals surface area contributed by atoms with Gasteiger partial charge in [0.25, 0.3) is 0 Å². The Morgan fingerprint density at radius 3 is 1.06 bits per heavy atom. The Labute approximate surface area is 189 Å². The zero-order valence-corrected chi connectivity index (χ0v) is 17.9. The summed E-state index contributed by atoms with van der Waals surface area (Å²) in [5, 5.41) is 5.23. The minimum atomic E-state index is 1.28. The van der Waals surface area contributed by atoms with Gasteiger partial charge in [-0.1, -0.05) is 140 Å². The summed E-state index contributed by atoms with van der Waals surface area (Å²) in [4.78, 5) is 0. The van der Waals surface area contributed by atoms with Crippen molar-refractivity contribution in [2.24, 2.45) is 0 Å². The van der Waals surface area contributed by atoms with Gasteiger partial charge in [-0.2, -0.15) is 0 Å². The van der Waals surface area contributed by atoms with E-state index in [1.165, 1.54) is 43.8 Å². The van der Waals surface area contributed by atoms with E-state index in [1.807, 2.05) is 12.1 Å². The van der Waals surface area contributed by atoms with Crippen LogP contribution in [-0.2, 0) is 0 Å². The molecule has 0 heterocycles. The Morgan fingerprint density at radius 2 is 0.625 bits per heavy atom. The Bertz CT molecular complexity index is 1340. The van der Waals surface area contributed by atoms with Gasteiger partial charge in [0.1, 0.15) is 0 Å². The molecule has 0 aliphatic carbocycles. The quantitative estimate of drug-likeness (QED) is 0.251. The van der Waals surface area contributed by atoms with E-state index in [-0.39, 0.29) is 0 Å². The lowest BCUT2D eigenvalue weighted by atomic mass is 9.92. The molecule has 0 nitrogen and oxygen atoms in total. The van der Waals surface area contributed by atoms with E-state index in [9.17, 15) is 0 Å². The fraction of sp³-hybridized carbons (Fsp3) is 0. The van der Waals surface area contributed by atoms with Crippen molar-refractivity contribution in [1.29, 1.82) is 0 Å². The van der Waals surface area contributed by atoms with Crippen LogP contribution in [0, 0.1) is 0 Å². The molecule has 0 radical (unpaired) electrons. The second-order valence-electron chi connectivity index (χ2n) is 7.79. The number of rotatable bonds is 2. The molecule has 32 heavy (non-hydrogen) atoms. The number of benzene rings is 6. The van der Waals surface area contributed by atoms with Gasteiger partial charge in [-0.05, 0) is 49.9 Å². The summed E-state index contributed by atoms with van der Waals surface area (Å²) in [6.07, 6.45) is 0. The van der Waals surface area contributed by atoms with E-state index in [2.05, 4.69) is 133 Å². The van der Waals surface area contributed by atoms with Crippen molar-refractivity contribution < 1.29 is 0 Å². The zero-order valence-electron chi connectivity index (χ0n) is 17.9. The molecular formula is C32H24. The topological polar surface area (TPSA) is 0 Å². The first-order valence-electron chi connectivity index (χ1n) is 11.0. The van der Waals surface area contributed by atoms with E-state index >= 15 is 0 Å². The predicted molar refractivity (Wildman–Crippen MR) is 139 cm³/mol. The smallest absolute Gasteiger partial charge is 0.00268 e. The average molecular weight is 409 g/mol. The maximum absolute atomic E-state index is 2.27. The molecule has 0 N–H and O–H groups in total. The molecule has 0 fully saturated rings. The maximum Gasteiger partial charge on any atom is -0.00268 e. The van der Waals surface area contributed by atoms with Crippen molar-refractivity contribution in [3.05, 3.63) is 146 Å². The number of fused-ring (bicyclic) bond motifs is 2. The molecule has 0 aliphatic heterocycles. The van der Waals surface area contributed by atoms with Gasteiger partial charge < -0.3 is 0 Å². The van der Waals surface area contributed by atoms with Crippen molar-refractivity contribution in [2.45, 2.75) is 0 Å². The molecule has 6 aromatic rings. The Balaban J connectivity index is 0.000000154. The third kappa shape index (κ3) is 4.17. The molecule has 6 rings (SSSR count). The van der Waals surface area contributed by atoms with Crippen molar-refractivity contribution in [3.8, 4) is 22.3 Å². The van der Waals surface area contributed by atoms with Crippen molar-refractivity contribution in [2.75, 3.05) is 0 Å². The van der Waals surface area contributed by atoms with E-state index in [1.54, 1.807) is 0 Å². The molecule has 0 atom stereocenters. The van der Waals surface area contributed by atoms with Gasteiger partial charge in [-0.15, -0.1) is 0 Å². The largest absolute Gasteiger partial charge is 0.0622 e. The van der Waals surface area contributed by atoms with Gasteiger partial charge in [-0.3, -0.25) is 0 Å². The summed E-state index contributed by atoms with van der Waals surface area (Å²) in [5.74, 6) is 0. The molecule has 6 aromatic carbocycles. The van der Waals surface area contributed by atoms with Gasteiger partial charge >= 0.3 is 0 Å². The van der Waals surface area contributed by atoms with Crippen molar-refractivity contribution in [1.82, 2.24) is 0 Å². The van der Waals surface area contributed by atoms with Crippen molar-refractivity contribution >= 4 is 21.5 Å². The highest BCUT2D eigenvalue weighted by Crippen LogP contribution is 2.36. The van der Waals surface area contributed by atoms with Crippen LogP contribution in [0.4, 0.5) is 0 Å². The summed E-state index contributed by atoms with van der Waals surface area (Å²) in [6.45, 7) is 0. The zero-order chi connectivity index (χ0) is 21.6. The molecule has 0 amide bonds. The van der Waals surface area contributed by atoms with Gasteiger partial charge in [0.15, 0.2) is 0 Å². The number of hydrogen-bond acceptors (Lipinski definition) is 0. The molecule has 0 aromatic heterocycles. The standard InChI is InChI=1S/C20H14.C12H10/c1-2-8-15(9-3-1)20-18-12-6-4-10-16(18)14-17-11-5-7-13-19(17)20;1-3-7-11(8-4-1)12-9-5-2-6-10-12/h1-14H;1-10H. The SMILES string of the molecule is c1ccc(-c2c3ccccc3cc3ccccc23)cc1.c1ccc(-c2ccccc2)cc1. The minimum absolute atomic E-state index is 1.28. The first-order valence-corrected chi connectivity index (χ1v) is 11.0. The van der Waals surface area contributed by atoms with Crippen LogP contribution >= 0.6 is 0 Å². The first-order chi connectivity index (χ1) is 15.9. The molecular weight excluding hydrogens is 384 g/mol. The van der Waals surface area contributed by atoms with Gasteiger partial charge in [-0.25, -0.2) is 0 Å². The second-order valence-corrected chi connectivity index (χ2v) is 7.79. The van der Waals surface area contributed by atoms with Gasteiger partial charge in [0.05, 0.1) is 0 Å². The predicted octanol–water partition coefficient (Wildman–Crippen LogP) is 9.01. The van der Waals surface area contributed by atoms with Crippen LogP contribution in [-0.4, -0.2) is 0 Å². The van der Waals surface area contributed by atoms with Crippen LogP contribution in [0.2, 0.25) is 0 Å². The maximum atomic E-state index is 2.27. The first kappa shape index (κ1) is 19.8. The van der Waals surface area contributed by atoms with Crippen LogP contribution in [0.15, 0.2) is 146 Å². The fourth-order valence-corrected chi connectivity index (χ4v) is 4.19.